The van der Waals surface area contributed by atoms with Gasteiger partial charge in [-0.05, 0) is 42.5 Å². The molecule has 1 aromatic carbocycles. The molecule has 0 aromatic heterocycles. The maximum absolute atomic E-state index is 12.2. The molecule has 0 radical (unpaired) electrons. The first-order valence-corrected chi connectivity index (χ1v) is 8.03. The first kappa shape index (κ1) is 18.5. The fraction of sp³-hybridized carbons (Fsp3) is 0.529. The number of halogens is 1. The van der Waals surface area contributed by atoms with E-state index in [4.69, 9.17) is 11.6 Å². The SMILES string of the molecule is CC(C)CCNC(=O)C(NC(=O)c1ccc(Cl)cc1)C(C)C. The zero-order valence-electron chi connectivity index (χ0n) is 13.7. The molecule has 0 fully saturated rings. The lowest BCUT2D eigenvalue weighted by atomic mass is 10.0. The van der Waals surface area contributed by atoms with Crippen molar-refractivity contribution in [1.82, 2.24) is 10.6 Å². The summed E-state index contributed by atoms with van der Waals surface area (Å²) in [5.74, 6) is 0.129. The van der Waals surface area contributed by atoms with Gasteiger partial charge in [0.15, 0.2) is 0 Å². The van der Waals surface area contributed by atoms with Crippen molar-refractivity contribution in [3.05, 3.63) is 34.9 Å². The second-order valence-corrected chi connectivity index (χ2v) is 6.61. The molecule has 0 spiro atoms. The molecule has 0 saturated carbocycles. The van der Waals surface area contributed by atoms with Gasteiger partial charge < -0.3 is 10.6 Å². The standard InChI is InChI=1S/C17H25ClN2O2/c1-11(2)9-10-19-17(22)15(12(3)4)20-16(21)13-5-7-14(18)8-6-13/h5-8,11-12,15H,9-10H2,1-4H3,(H,19,22)(H,20,21). The molecule has 122 valence electrons. The minimum atomic E-state index is -0.546. The average molecular weight is 325 g/mol. The van der Waals surface area contributed by atoms with Crippen LogP contribution in [-0.4, -0.2) is 24.4 Å². The summed E-state index contributed by atoms with van der Waals surface area (Å²) >= 11 is 5.81. The number of amides is 2. The third-order valence-corrected chi connectivity index (χ3v) is 3.62. The quantitative estimate of drug-likeness (QED) is 0.808. The molecule has 1 aromatic rings. The van der Waals surface area contributed by atoms with Crippen LogP contribution in [0.5, 0.6) is 0 Å². The molecule has 2 amide bonds. The topological polar surface area (TPSA) is 58.2 Å². The van der Waals surface area contributed by atoms with Crippen LogP contribution < -0.4 is 10.6 Å². The van der Waals surface area contributed by atoms with Crippen molar-refractivity contribution in [3.8, 4) is 0 Å². The molecule has 2 N–H and O–H groups in total. The van der Waals surface area contributed by atoms with Crippen LogP contribution in [0.1, 0.15) is 44.5 Å². The molecule has 1 unspecified atom stereocenters. The Labute approximate surface area is 137 Å². The van der Waals surface area contributed by atoms with Crippen molar-refractivity contribution in [1.29, 1.82) is 0 Å². The minimum absolute atomic E-state index is 0.00954. The predicted octanol–water partition coefficient (Wildman–Crippen LogP) is 3.26. The van der Waals surface area contributed by atoms with E-state index in [1.165, 1.54) is 0 Å². The van der Waals surface area contributed by atoms with Crippen LogP contribution in [0, 0.1) is 11.8 Å². The molecule has 1 atom stereocenters. The van der Waals surface area contributed by atoms with Crippen LogP contribution in [0.3, 0.4) is 0 Å². The van der Waals surface area contributed by atoms with Gasteiger partial charge in [0.2, 0.25) is 5.91 Å². The summed E-state index contributed by atoms with van der Waals surface area (Å²) in [5.41, 5.74) is 0.491. The molecule has 22 heavy (non-hydrogen) atoms. The summed E-state index contributed by atoms with van der Waals surface area (Å²) in [6, 6.07) is 6.06. The van der Waals surface area contributed by atoms with E-state index < -0.39 is 6.04 Å². The Hall–Kier alpha value is -1.55. The molecule has 0 heterocycles. The smallest absolute Gasteiger partial charge is 0.251 e. The molecular weight excluding hydrogens is 300 g/mol. The fourth-order valence-electron chi connectivity index (χ4n) is 1.95. The van der Waals surface area contributed by atoms with Gasteiger partial charge in [0.05, 0.1) is 0 Å². The molecule has 0 bridgehead atoms. The van der Waals surface area contributed by atoms with Crippen LogP contribution in [0.4, 0.5) is 0 Å². The summed E-state index contributed by atoms with van der Waals surface area (Å²) in [4.78, 5) is 24.5. The van der Waals surface area contributed by atoms with Crippen LogP contribution >= 0.6 is 11.6 Å². The van der Waals surface area contributed by atoms with Gasteiger partial charge >= 0.3 is 0 Å². The van der Waals surface area contributed by atoms with Gasteiger partial charge in [0, 0.05) is 17.1 Å². The number of carbonyl (C=O) groups excluding carboxylic acids is 2. The van der Waals surface area contributed by atoms with E-state index >= 15 is 0 Å². The fourth-order valence-corrected chi connectivity index (χ4v) is 2.08. The van der Waals surface area contributed by atoms with Crippen molar-refractivity contribution in [2.24, 2.45) is 11.8 Å². The molecule has 0 aliphatic carbocycles. The van der Waals surface area contributed by atoms with Crippen molar-refractivity contribution in [2.45, 2.75) is 40.2 Å². The van der Waals surface area contributed by atoms with Crippen LogP contribution in [-0.2, 0) is 4.79 Å². The number of hydrogen-bond acceptors (Lipinski definition) is 2. The van der Waals surface area contributed by atoms with Crippen molar-refractivity contribution < 1.29 is 9.59 Å². The molecular formula is C17H25ClN2O2. The number of carbonyl (C=O) groups is 2. The zero-order valence-corrected chi connectivity index (χ0v) is 14.4. The van der Waals surface area contributed by atoms with Gasteiger partial charge in [-0.1, -0.05) is 39.3 Å². The molecule has 1 rings (SSSR count). The Morgan fingerprint density at radius 1 is 1.09 bits per heavy atom. The highest BCUT2D eigenvalue weighted by Gasteiger charge is 2.24. The second kappa shape index (κ2) is 8.79. The molecule has 5 heteroatoms. The van der Waals surface area contributed by atoms with Gasteiger partial charge in [-0.2, -0.15) is 0 Å². The van der Waals surface area contributed by atoms with Crippen molar-refractivity contribution >= 4 is 23.4 Å². The summed E-state index contributed by atoms with van der Waals surface area (Å²) in [5, 5.41) is 6.26. The first-order valence-electron chi connectivity index (χ1n) is 7.65. The van der Waals surface area contributed by atoms with Crippen molar-refractivity contribution in [2.75, 3.05) is 6.54 Å². The highest BCUT2D eigenvalue weighted by molar-refractivity contribution is 6.30. The summed E-state index contributed by atoms with van der Waals surface area (Å²) in [6.45, 7) is 8.66. The lowest BCUT2D eigenvalue weighted by Crippen LogP contribution is -2.50. The minimum Gasteiger partial charge on any atom is -0.354 e. The Balaban J connectivity index is 2.65. The van der Waals surface area contributed by atoms with Crippen molar-refractivity contribution in [3.63, 3.8) is 0 Å². The lowest BCUT2D eigenvalue weighted by Gasteiger charge is -2.22. The van der Waals surface area contributed by atoms with E-state index in [9.17, 15) is 9.59 Å². The Morgan fingerprint density at radius 3 is 2.18 bits per heavy atom. The summed E-state index contributed by atoms with van der Waals surface area (Å²) in [6.07, 6.45) is 0.918. The van der Waals surface area contributed by atoms with E-state index in [2.05, 4.69) is 24.5 Å². The molecule has 4 nitrogen and oxygen atoms in total. The number of rotatable bonds is 7. The Kier molecular flexibility index (Phi) is 7.39. The number of benzene rings is 1. The largest absolute Gasteiger partial charge is 0.354 e. The van der Waals surface area contributed by atoms with E-state index in [-0.39, 0.29) is 17.7 Å². The Bertz CT molecular complexity index is 498. The first-order chi connectivity index (χ1) is 10.3. The van der Waals surface area contributed by atoms with Gasteiger partial charge in [-0.15, -0.1) is 0 Å². The number of hydrogen-bond donors (Lipinski definition) is 2. The monoisotopic (exact) mass is 324 g/mol. The maximum atomic E-state index is 12.2. The van der Waals surface area contributed by atoms with Crippen LogP contribution in [0.15, 0.2) is 24.3 Å². The maximum Gasteiger partial charge on any atom is 0.251 e. The average Bonchev–Trinajstić information content (AvgIpc) is 2.44. The van der Waals surface area contributed by atoms with E-state index in [1.807, 2.05) is 13.8 Å². The third-order valence-electron chi connectivity index (χ3n) is 3.36. The third kappa shape index (κ3) is 6.06. The summed E-state index contributed by atoms with van der Waals surface area (Å²) in [7, 11) is 0. The highest BCUT2D eigenvalue weighted by Crippen LogP contribution is 2.10. The van der Waals surface area contributed by atoms with Gasteiger partial charge in [-0.3, -0.25) is 9.59 Å². The van der Waals surface area contributed by atoms with Crippen LogP contribution in [0.25, 0.3) is 0 Å². The van der Waals surface area contributed by atoms with Crippen LogP contribution in [0.2, 0.25) is 5.02 Å². The summed E-state index contributed by atoms with van der Waals surface area (Å²) < 4.78 is 0. The molecule has 0 aliphatic rings. The van der Waals surface area contributed by atoms with Gasteiger partial charge in [-0.25, -0.2) is 0 Å². The zero-order chi connectivity index (χ0) is 16.7. The molecule has 0 saturated heterocycles. The van der Waals surface area contributed by atoms with Gasteiger partial charge in [0.1, 0.15) is 6.04 Å². The van der Waals surface area contributed by atoms with Gasteiger partial charge in [0.25, 0.3) is 5.91 Å². The molecule has 0 aliphatic heterocycles. The van der Waals surface area contributed by atoms with E-state index in [0.29, 0.717) is 23.0 Å². The highest BCUT2D eigenvalue weighted by atomic mass is 35.5. The number of nitrogens with one attached hydrogen (secondary N) is 2. The predicted molar refractivity (Wildman–Crippen MR) is 90.0 cm³/mol. The normalized spacial score (nSPS) is 12.3. The Morgan fingerprint density at radius 2 is 1.68 bits per heavy atom. The van der Waals surface area contributed by atoms with E-state index in [1.54, 1.807) is 24.3 Å². The van der Waals surface area contributed by atoms with E-state index in [0.717, 1.165) is 6.42 Å². The second-order valence-electron chi connectivity index (χ2n) is 6.18. The lowest BCUT2D eigenvalue weighted by molar-refractivity contribution is -0.123.